The summed E-state index contributed by atoms with van der Waals surface area (Å²) >= 11 is 7.28. The lowest BCUT2D eigenvalue weighted by atomic mass is 9.86. The van der Waals surface area contributed by atoms with E-state index in [1.807, 2.05) is 12.1 Å². The summed E-state index contributed by atoms with van der Waals surface area (Å²) in [5.41, 5.74) is 1.33. The second kappa shape index (κ2) is 8.52. The minimum absolute atomic E-state index is 0.0162. The van der Waals surface area contributed by atoms with Gasteiger partial charge in [0.1, 0.15) is 5.82 Å². The quantitative estimate of drug-likeness (QED) is 0.268. The number of nitro benzene ring substituents is 1. The molecule has 1 N–H and O–H groups in total. The van der Waals surface area contributed by atoms with Crippen LogP contribution >= 0.6 is 23.4 Å². The second-order valence-electron chi connectivity index (χ2n) is 7.09. The van der Waals surface area contributed by atoms with Crippen molar-refractivity contribution in [3.8, 4) is 0 Å². The molecule has 0 spiro atoms. The van der Waals surface area contributed by atoms with Gasteiger partial charge in [0.15, 0.2) is 5.16 Å². The molecule has 0 saturated carbocycles. The Morgan fingerprint density at radius 2 is 2.00 bits per heavy atom. The molecule has 158 valence electrons. The van der Waals surface area contributed by atoms with E-state index < -0.39 is 16.4 Å². The monoisotopic (exact) mass is 456 g/mol. The van der Waals surface area contributed by atoms with Gasteiger partial charge in [0.2, 0.25) is 5.91 Å². The third kappa shape index (κ3) is 4.33. The third-order valence-electron chi connectivity index (χ3n) is 5.07. The maximum Gasteiger partial charge on any atom is 0.279 e. The number of rotatable bonds is 5. The molecule has 3 aromatic rings. The Kier molecular flexibility index (Phi) is 5.79. The predicted octanol–water partition coefficient (Wildman–Crippen LogP) is 4.11. The fourth-order valence-corrected chi connectivity index (χ4v) is 4.58. The van der Waals surface area contributed by atoms with Gasteiger partial charge in [0.05, 0.1) is 10.5 Å². The van der Waals surface area contributed by atoms with Crippen molar-refractivity contribution in [2.75, 3.05) is 5.32 Å². The zero-order chi connectivity index (χ0) is 22.1. The van der Waals surface area contributed by atoms with Crippen LogP contribution in [0.4, 0.5) is 11.5 Å². The Bertz CT molecular complexity index is 1240. The third-order valence-corrected chi connectivity index (χ3v) is 6.42. The normalized spacial score (nSPS) is 15.3. The number of benzene rings is 2. The van der Waals surface area contributed by atoms with E-state index in [-0.39, 0.29) is 18.0 Å². The van der Waals surface area contributed by atoms with E-state index in [1.54, 1.807) is 35.9 Å². The van der Waals surface area contributed by atoms with Crippen molar-refractivity contribution in [2.24, 2.45) is 7.05 Å². The molecule has 2 aromatic carbocycles. The van der Waals surface area contributed by atoms with Gasteiger partial charge in [0.25, 0.3) is 11.2 Å². The van der Waals surface area contributed by atoms with E-state index in [4.69, 9.17) is 11.6 Å². The molecule has 8 nitrogen and oxygen atoms in total. The van der Waals surface area contributed by atoms with Crippen LogP contribution in [0.2, 0.25) is 5.02 Å². The van der Waals surface area contributed by atoms with Crippen LogP contribution in [-0.4, -0.2) is 20.4 Å². The van der Waals surface area contributed by atoms with Gasteiger partial charge in [-0.1, -0.05) is 47.6 Å². The fraction of sp³-hybridized carbons (Fsp3) is 0.190. The molecule has 0 aliphatic carbocycles. The number of non-ortho nitro benzene ring substituents is 1. The summed E-state index contributed by atoms with van der Waals surface area (Å²) in [4.78, 5) is 40.3. The Labute approximate surface area is 186 Å². The molecule has 2 heterocycles. The lowest BCUT2D eigenvalue weighted by Gasteiger charge is -2.27. The molecule has 1 aliphatic heterocycles. The highest BCUT2D eigenvalue weighted by Crippen LogP contribution is 2.37. The van der Waals surface area contributed by atoms with Gasteiger partial charge < -0.3 is 9.88 Å². The maximum absolute atomic E-state index is 13.0. The summed E-state index contributed by atoms with van der Waals surface area (Å²) < 4.78 is 1.68. The Morgan fingerprint density at radius 1 is 1.26 bits per heavy atom. The van der Waals surface area contributed by atoms with Crippen LogP contribution in [0.5, 0.6) is 0 Å². The van der Waals surface area contributed by atoms with Crippen molar-refractivity contribution in [3.05, 3.63) is 90.7 Å². The largest absolute Gasteiger partial charge is 0.312 e. The summed E-state index contributed by atoms with van der Waals surface area (Å²) in [5, 5.41) is 15.0. The van der Waals surface area contributed by atoms with E-state index in [1.165, 1.54) is 23.9 Å². The molecule has 1 aliphatic rings. The van der Waals surface area contributed by atoms with Crippen molar-refractivity contribution >= 4 is 40.8 Å². The number of carbonyl (C=O) groups excluding carboxylic acids is 1. The lowest BCUT2D eigenvalue weighted by molar-refractivity contribution is -0.384. The minimum atomic E-state index is -0.606. The van der Waals surface area contributed by atoms with Crippen LogP contribution < -0.4 is 10.9 Å². The number of aromatic nitrogens is 2. The first-order valence-electron chi connectivity index (χ1n) is 9.36. The van der Waals surface area contributed by atoms with E-state index >= 15 is 0 Å². The van der Waals surface area contributed by atoms with Gasteiger partial charge in [-0.3, -0.25) is 19.7 Å². The van der Waals surface area contributed by atoms with Crippen molar-refractivity contribution < 1.29 is 9.72 Å². The van der Waals surface area contributed by atoms with Crippen molar-refractivity contribution in [1.82, 2.24) is 9.55 Å². The number of halogens is 1. The SMILES string of the molecule is Cn1c(SCc2ccc(Cl)cc2)nc(=O)c2c1NC(=O)CC2c1cccc([N+](=O)[O-])c1. The molecule has 4 rings (SSSR count). The van der Waals surface area contributed by atoms with Gasteiger partial charge in [0, 0.05) is 42.3 Å². The first-order chi connectivity index (χ1) is 14.8. The number of amides is 1. The number of hydrogen-bond acceptors (Lipinski definition) is 6. The topological polar surface area (TPSA) is 107 Å². The predicted molar refractivity (Wildman–Crippen MR) is 119 cm³/mol. The molecule has 0 bridgehead atoms. The molecule has 31 heavy (non-hydrogen) atoms. The van der Waals surface area contributed by atoms with Gasteiger partial charge in [-0.15, -0.1) is 0 Å². The number of hydrogen-bond donors (Lipinski definition) is 1. The fourth-order valence-electron chi connectivity index (χ4n) is 3.53. The first-order valence-corrected chi connectivity index (χ1v) is 10.7. The number of carbonyl (C=O) groups is 1. The smallest absolute Gasteiger partial charge is 0.279 e. The van der Waals surface area contributed by atoms with E-state index in [2.05, 4.69) is 10.3 Å². The number of anilines is 1. The molecule has 10 heteroatoms. The molecule has 1 unspecified atom stereocenters. The number of thioether (sulfide) groups is 1. The van der Waals surface area contributed by atoms with Gasteiger partial charge in [-0.05, 0) is 23.3 Å². The number of nitro groups is 1. The summed E-state index contributed by atoms with van der Waals surface area (Å²) in [6, 6.07) is 13.4. The van der Waals surface area contributed by atoms with Crippen molar-refractivity contribution in [1.29, 1.82) is 0 Å². The molecule has 0 fully saturated rings. The minimum Gasteiger partial charge on any atom is -0.312 e. The van der Waals surface area contributed by atoms with Gasteiger partial charge in [-0.2, -0.15) is 4.98 Å². The molecular formula is C21H17ClN4O4S. The summed E-state index contributed by atoms with van der Waals surface area (Å²) in [5.74, 6) is 0.0637. The average Bonchev–Trinajstić information content (AvgIpc) is 2.75. The van der Waals surface area contributed by atoms with Crippen LogP contribution in [0.15, 0.2) is 58.5 Å². The van der Waals surface area contributed by atoms with Crippen LogP contribution in [0.25, 0.3) is 0 Å². The van der Waals surface area contributed by atoms with Crippen LogP contribution in [0, 0.1) is 10.1 Å². The zero-order valence-corrected chi connectivity index (χ0v) is 17.9. The Morgan fingerprint density at radius 3 is 2.71 bits per heavy atom. The van der Waals surface area contributed by atoms with Crippen LogP contribution in [-0.2, 0) is 17.6 Å². The van der Waals surface area contributed by atoms with Crippen LogP contribution in [0.3, 0.4) is 0 Å². The molecule has 1 aromatic heterocycles. The van der Waals surface area contributed by atoms with Crippen molar-refractivity contribution in [2.45, 2.75) is 23.2 Å². The maximum atomic E-state index is 13.0. The Balaban J connectivity index is 1.71. The van der Waals surface area contributed by atoms with E-state index in [0.29, 0.717) is 32.9 Å². The Hall–Kier alpha value is -3.17. The second-order valence-corrected chi connectivity index (χ2v) is 8.47. The number of nitrogens with zero attached hydrogens (tertiary/aromatic N) is 3. The molecule has 1 atom stereocenters. The van der Waals surface area contributed by atoms with Crippen LogP contribution in [0.1, 0.15) is 29.0 Å². The van der Waals surface area contributed by atoms with Gasteiger partial charge in [-0.25, -0.2) is 0 Å². The number of fused-ring (bicyclic) bond motifs is 1. The molecular weight excluding hydrogens is 440 g/mol. The standard InChI is InChI=1S/C21H17ClN4O4S/c1-25-19-18(20(28)24-21(25)31-11-12-5-7-14(22)8-6-12)16(10-17(27)23-19)13-3-2-4-15(9-13)26(29)30/h2-9,16H,10-11H2,1H3,(H,23,27). The molecule has 1 amide bonds. The summed E-state index contributed by atoms with van der Waals surface area (Å²) in [6.07, 6.45) is 0.0162. The van der Waals surface area contributed by atoms with Gasteiger partial charge >= 0.3 is 0 Å². The first kappa shape index (κ1) is 21.1. The summed E-state index contributed by atoms with van der Waals surface area (Å²) in [7, 11) is 1.73. The average molecular weight is 457 g/mol. The number of nitrogens with one attached hydrogen (secondary N) is 1. The molecule has 0 saturated heterocycles. The van der Waals surface area contributed by atoms with E-state index in [0.717, 1.165) is 5.56 Å². The highest BCUT2D eigenvalue weighted by atomic mass is 35.5. The van der Waals surface area contributed by atoms with E-state index in [9.17, 15) is 19.7 Å². The van der Waals surface area contributed by atoms with Crippen molar-refractivity contribution in [3.63, 3.8) is 0 Å². The zero-order valence-electron chi connectivity index (χ0n) is 16.4. The lowest BCUT2D eigenvalue weighted by Crippen LogP contribution is -2.33. The highest BCUT2D eigenvalue weighted by Gasteiger charge is 2.32. The summed E-state index contributed by atoms with van der Waals surface area (Å²) in [6.45, 7) is 0. The highest BCUT2D eigenvalue weighted by molar-refractivity contribution is 7.98. The molecule has 0 radical (unpaired) electrons.